The smallest absolute Gasteiger partial charge is 0.410 e. The van der Waals surface area contributed by atoms with Crippen molar-refractivity contribution in [2.75, 3.05) is 19.8 Å². The SMILES string of the molecule is CC[C@H]1C[C@@]1(CC(=O)C1C[C@@H](OC(=O)N2Cc3cc4c(cc3C2)OCCCO4)CN1C(=O)[C@@H](CC(=O)[C@@H](NC(=O)c1cnccn1)C1CCCCC1)C(C)(C)C)C(=O)NS(=O)(=O)C1CC1. The molecule has 3 aliphatic carbocycles. The summed E-state index contributed by atoms with van der Waals surface area (Å²) >= 11 is 0. The van der Waals surface area contributed by atoms with E-state index in [4.69, 9.17) is 14.2 Å². The second-order valence-electron chi connectivity index (χ2n) is 20.0. The van der Waals surface area contributed by atoms with Crippen LogP contribution in [0.2, 0.25) is 0 Å². The third kappa shape index (κ3) is 10.2. The number of rotatable bonds is 15. The van der Waals surface area contributed by atoms with E-state index < -0.39 is 79.8 Å². The molecule has 4 amide bonds. The zero-order valence-corrected chi connectivity index (χ0v) is 38.7. The van der Waals surface area contributed by atoms with Gasteiger partial charge in [-0.1, -0.05) is 53.4 Å². The summed E-state index contributed by atoms with van der Waals surface area (Å²) < 4.78 is 45.9. The Morgan fingerprint density at radius 3 is 2.20 bits per heavy atom. The van der Waals surface area contributed by atoms with Crippen molar-refractivity contribution in [2.24, 2.45) is 28.6 Å². The van der Waals surface area contributed by atoms with E-state index in [2.05, 4.69) is 20.0 Å². The average Bonchev–Trinajstić information content (AvgIpc) is 4.19. The van der Waals surface area contributed by atoms with Crippen LogP contribution < -0.4 is 19.5 Å². The van der Waals surface area contributed by atoms with Crippen LogP contribution in [0.25, 0.3) is 0 Å². The van der Waals surface area contributed by atoms with Crippen molar-refractivity contribution in [2.45, 2.75) is 148 Å². The van der Waals surface area contributed by atoms with Gasteiger partial charge in [-0.2, -0.15) is 0 Å². The minimum Gasteiger partial charge on any atom is -0.490 e. The normalized spacial score (nSPS) is 25.1. The number of Topliss-reactive ketones (excluding diaryl/α,β-unsaturated/α-hetero) is 2. The molecule has 2 N–H and O–H groups in total. The monoisotopic (exact) mass is 918 g/mol. The summed E-state index contributed by atoms with van der Waals surface area (Å²) in [5, 5.41) is 2.30. The zero-order valence-electron chi connectivity index (χ0n) is 37.8. The fourth-order valence-electron chi connectivity index (χ4n) is 10.3. The Balaban J connectivity index is 1.04. The van der Waals surface area contributed by atoms with Gasteiger partial charge in [0.1, 0.15) is 11.8 Å². The van der Waals surface area contributed by atoms with Crippen molar-refractivity contribution in [1.82, 2.24) is 29.8 Å². The molecule has 0 bridgehead atoms. The molecule has 18 heteroatoms. The molecule has 352 valence electrons. The third-order valence-electron chi connectivity index (χ3n) is 14.4. The Morgan fingerprint density at radius 2 is 1.62 bits per heavy atom. The van der Waals surface area contributed by atoms with E-state index >= 15 is 4.79 Å². The first-order chi connectivity index (χ1) is 31.0. The van der Waals surface area contributed by atoms with Crippen LogP contribution in [-0.2, 0) is 47.0 Å². The largest absolute Gasteiger partial charge is 0.490 e. The maximum atomic E-state index is 15.2. The number of hydrogen-bond acceptors (Lipinski definition) is 13. The van der Waals surface area contributed by atoms with Crippen molar-refractivity contribution in [3.8, 4) is 11.5 Å². The second-order valence-corrected chi connectivity index (χ2v) is 22.0. The van der Waals surface area contributed by atoms with E-state index in [0.717, 1.165) is 49.7 Å². The number of ketones is 2. The number of benzene rings is 1. The summed E-state index contributed by atoms with van der Waals surface area (Å²) in [7, 11) is -3.89. The highest BCUT2D eigenvalue weighted by atomic mass is 32.2. The minimum atomic E-state index is -3.89. The molecule has 4 fully saturated rings. The van der Waals surface area contributed by atoms with E-state index in [1.807, 2.05) is 39.8 Å². The molecule has 3 aliphatic heterocycles. The van der Waals surface area contributed by atoms with E-state index in [1.54, 1.807) is 4.90 Å². The van der Waals surface area contributed by atoms with Crippen LogP contribution in [-0.4, -0.2) is 107 Å². The molecular weight excluding hydrogens is 857 g/mol. The number of amides is 4. The number of nitrogens with one attached hydrogen (secondary N) is 2. The van der Waals surface area contributed by atoms with E-state index in [0.29, 0.717) is 50.4 Å². The predicted molar refractivity (Wildman–Crippen MR) is 235 cm³/mol. The van der Waals surface area contributed by atoms with E-state index in [1.165, 1.54) is 23.5 Å². The first kappa shape index (κ1) is 46.4. The summed E-state index contributed by atoms with van der Waals surface area (Å²) in [6.45, 7) is 8.83. The Labute approximate surface area is 380 Å². The first-order valence-corrected chi connectivity index (χ1v) is 24.9. The van der Waals surface area contributed by atoms with Crippen molar-refractivity contribution in [3.05, 3.63) is 47.5 Å². The van der Waals surface area contributed by atoms with Crippen LogP contribution in [0.4, 0.5) is 4.79 Å². The van der Waals surface area contributed by atoms with Gasteiger partial charge in [0.15, 0.2) is 23.1 Å². The number of carbonyl (C=O) groups is 6. The summed E-state index contributed by atoms with van der Waals surface area (Å²) in [4.78, 5) is 96.7. The van der Waals surface area contributed by atoms with Gasteiger partial charge in [-0.15, -0.1) is 0 Å². The maximum absolute atomic E-state index is 15.2. The summed E-state index contributed by atoms with van der Waals surface area (Å²) in [5.41, 5.74) is -0.228. The third-order valence-corrected chi connectivity index (χ3v) is 16.2. The number of sulfonamides is 1. The molecule has 6 aliphatic rings. The van der Waals surface area contributed by atoms with Crippen molar-refractivity contribution < 1.29 is 51.4 Å². The molecule has 4 heterocycles. The molecule has 2 aromatic rings. The number of fused-ring (bicyclic) bond motifs is 2. The molecule has 1 aromatic heterocycles. The standard InChI is InChI=1S/C47H62N6O11S/c1-5-31-22-47(31,44(58)51-65(60,61)33-12-13-33)23-38(55)36-20-32(64-45(59)52-25-29-18-39-40(19-30(29)26-52)63-17-9-16-62-39)27-53(36)43(57)34(46(2,3)4)21-37(54)41(28-10-7-6-8-11-28)50-42(56)35-24-48-14-15-49-35/h14-15,18-19,24,28,31-34,36,41H,5-13,16-17,20-23,25-27H2,1-4H3,(H,50,56)(H,51,58)/t31-,32+,34+,36?,41-,47-/m0/s1. The fourth-order valence-corrected chi connectivity index (χ4v) is 11.7. The Kier molecular flexibility index (Phi) is 13.3. The summed E-state index contributed by atoms with van der Waals surface area (Å²) in [5.74, 6) is -2.62. The summed E-state index contributed by atoms with van der Waals surface area (Å²) in [6.07, 6.45) is 8.86. The van der Waals surface area contributed by atoms with Crippen molar-refractivity contribution in [3.63, 3.8) is 0 Å². The fraction of sp³-hybridized carbons (Fsp3) is 0.660. The molecule has 8 rings (SSSR count). The van der Waals surface area contributed by atoms with Crippen LogP contribution in [0, 0.1) is 28.6 Å². The lowest BCUT2D eigenvalue weighted by Crippen LogP contribution is -2.51. The Hall–Kier alpha value is -5.13. The number of aromatic nitrogens is 2. The minimum absolute atomic E-state index is 0.0500. The molecule has 65 heavy (non-hydrogen) atoms. The first-order valence-electron chi connectivity index (χ1n) is 23.3. The highest BCUT2D eigenvalue weighted by molar-refractivity contribution is 7.90. The molecule has 1 saturated heterocycles. The Bertz CT molecular complexity index is 2260. The van der Waals surface area contributed by atoms with Crippen LogP contribution in [0.3, 0.4) is 0 Å². The van der Waals surface area contributed by atoms with Gasteiger partial charge in [0.05, 0.1) is 48.7 Å². The molecule has 1 aromatic carbocycles. The number of hydrogen-bond donors (Lipinski definition) is 2. The molecule has 0 spiro atoms. The topological polar surface area (TPSA) is 221 Å². The van der Waals surface area contributed by atoms with Gasteiger partial charge in [0.2, 0.25) is 21.8 Å². The zero-order chi connectivity index (χ0) is 46.3. The van der Waals surface area contributed by atoms with Crippen LogP contribution in [0.5, 0.6) is 11.5 Å². The lowest BCUT2D eigenvalue weighted by molar-refractivity contribution is -0.146. The highest BCUT2D eigenvalue weighted by Crippen LogP contribution is 2.58. The van der Waals surface area contributed by atoms with Gasteiger partial charge in [-0.05, 0) is 72.6 Å². The van der Waals surface area contributed by atoms with Crippen molar-refractivity contribution >= 4 is 45.4 Å². The van der Waals surface area contributed by atoms with Gasteiger partial charge >= 0.3 is 6.09 Å². The van der Waals surface area contributed by atoms with Crippen LogP contribution >= 0.6 is 0 Å². The lowest BCUT2D eigenvalue weighted by Gasteiger charge is -2.36. The molecule has 17 nitrogen and oxygen atoms in total. The molecule has 3 saturated carbocycles. The predicted octanol–water partition coefficient (Wildman–Crippen LogP) is 5.04. The van der Waals surface area contributed by atoms with Crippen molar-refractivity contribution in [1.29, 1.82) is 0 Å². The van der Waals surface area contributed by atoms with E-state index in [-0.39, 0.29) is 62.2 Å². The molecule has 0 radical (unpaired) electrons. The maximum Gasteiger partial charge on any atom is 0.410 e. The quantitative estimate of drug-likeness (QED) is 0.239. The number of carbonyl (C=O) groups excluding carboxylic acids is 6. The second kappa shape index (κ2) is 18.6. The average molecular weight is 919 g/mol. The van der Waals surface area contributed by atoms with Gasteiger partial charge in [-0.25, -0.2) is 18.2 Å². The van der Waals surface area contributed by atoms with Gasteiger partial charge in [-0.3, -0.25) is 38.6 Å². The number of nitrogens with zero attached hydrogens (tertiary/aromatic N) is 4. The molecule has 6 atom stereocenters. The van der Waals surface area contributed by atoms with Gasteiger partial charge in [0.25, 0.3) is 5.91 Å². The van der Waals surface area contributed by atoms with Crippen LogP contribution in [0.15, 0.2) is 30.7 Å². The van der Waals surface area contributed by atoms with Crippen LogP contribution in [0.1, 0.15) is 133 Å². The van der Waals surface area contributed by atoms with Gasteiger partial charge < -0.3 is 24.4 Å². The van der Waals surface area contributed by atoms with E-state index in [9.17, 15) is 32.4 Å². The summed E-state index contributed by atoms with van der Waals surface area (Å²) in [6, 6.07) is 1.74. The number of ether oxygens (including phenoxy) is 3. The number of likely N-dealkylation sites (tertiary alicyclic amines) is 1. The molecular formula is C47H62N6O11S. The van der Waals surface area contributed by atoms with Gasteiger partial charge in [0, 0.05) is 57.1 Å². The Morgan fingerprint density at radius 1 is 0.938 bits per heavy atom. The lowest BCUT2D eigenvalue weighted by atomic mass is 9.74. The highest BCUT2D eigenvalue weighted by Gasteiger charge is 2.62. The molecule has 1 unspecified atom stereocenters.